The first-order chi connectivity index (χ1) is 16.9. The standard InChI is InChI=1S/C22H22ClN11O/c23-19-16(7-13(9-24)8-17(19)33-5-3-32(4-6-33)12-18(26)35)29-21-30-20-14(10-25)11-27-34(20)22(31-21)28-15-1-2-15/h7-8,11,15H,1-6,12H2,(H2,26,35)(H2,28,29,30,31). The summed E-state index contributed by atoms with van der Waals surface area (Å²) in [5.74, 6) is 0.339. The minimum atomic E-state index is -0.361. The molecule has 1 aliphatic heterocycles. The number of hydrogen-bond donors (Lipinski definition) is 3. The molecule has 0 atom stereocenters. The van der Waals surface area contributed by atoms with Crippen LogP contribution in [-0.4, -0.2) is 69.2 Å². The van der Waals surface area contributed by atoms with Crippen LogP contribution in [0.1, 0.15) is 24.0 Å². The van der Waals surface area contributed by atoms with Gasteiger partial charge in [-0.1, -0.05) is 11.6 Å². The average molecular weight is 492 g/mol. The molecule has 4 N–H and O–H groups in total. The fourth-order valence-electron chi connectivity index (χ4n) is 4.00. The summed E-state index contributed by atoms with van der Waals surface area (Å²) in [5, 5.41) is 30.2. The molecule has 0 unspecified atom stereocenters. The molecule has 2 aromatic heterocycles. The van der Waals surface area contributed by atoms with Gasteiger partial charge in [0.05, 0.1) is 40.8 Å². The first-order valence-electron chi connectivity index (χ1n) is 11.1. The maximum Gasteiger partial charge on any atom is 0.232 e. The lowest BCUT2D eigenvalue weighted by Gasteiger charge is -2.36. The molecule has 5 rings (SSSR count). The molecule has 1 saturated heterocycles. The lowest BCUT2D eigenvalue weighted by Crippen LogP contribution is -2.49. The number of aromatic nitrogens is 4. The maximum absolute atomic E-state index is 11.2. The van der Waals surface area contributed by atoms with Gasteiger partial charge in [0.15, 0.2) is 5.65 Å². The number of carbonyl (C=O) groups is 1. The summed E-state index contributed by atoms with van der Waals surface area (Å²) in [7, 11) is 0. The summed E-state index contributed by atoms with van der Waals surface area (Å²) in [6.07, 6.45) is 3.52. The number of piperazine rings is 1. The molecule has 1 aromatic carbocycles. The number of primary amides is 1. The van der Waals surface area contributed by atoms with Crippen LogP contribution in [0.25, 0.3) is 5.65 Å². The molecule has 12 nitrogen and oxygen atoms in total. The number of halogens is 1. The third-order valence-electron chi connectivity index (χ3n) is 5.92. The van der Waals surface area contributed by atoms with Crippen LogP contribution < -0.4 is 21.3 Å². The highest BCUT2D eigenvalue weighted by Crippen LogP contribution is 2.36. The van der Waals surface area contributed by atoms with Gasteiger partial charge in [0, 0.05) is 32.2 Å². The van der Waals surface area contributed by atoms with Gasteiger partial charge in [0.2, 0.25) is 17.8 Å². The van der Waals surface area contributed by atoms with Crippen LogP contribution in [0.3, 0.4) is 0 Å². The molecule has 2 fully saturated rings. The minimum absolute atomic E-state index is 0.211. The number of carbonyl (C=O) groups excluding carboxylic acids is 1. The summed E-state index contributed by atoms with van der Waals surface area (Å²) in [6.45, 7) is 2.75. The molecular weight excluding hydrogens is 470 g/mol. The Hall–Kier alpha value is -4.13. The monoisotopic (exact) mass is 491 g/mol. The summed E-state index contributed by atoms with van der Waals surface area (Å²) in [6, 6.07) is 7.96. The first-order valence-corrected chi connectivity index (χ1v) is 11.5. The molecule has 1 saturated carbocycles. The van der Waals surface area contributed by atoms with Gasteiger partial charge in [-0.05, 0) is 25.0 Å². The van der Waals surface area contributed by atoms with E-state index in [1.54, 1.807) is 12.1 Å². The fraction of sp³-hybridized carbons (Fsp3) is 0.364. The van der Waals surface area contributed by atoms with Crippen molar-refractivity contribution in [2.75, 3.05) is 48.3 Å². The molecule has 1 aliphatic carbocycles. The second-order valence-corrected chi connectivity index (χ2v) is 8.90. The van der Waals surface area contributed by atoms with Crippen molar-refractivity contribution < 1.29 is 4.79 Å². The zero-order valence-corrected chi connectivity index (χ0v) is 19.5. The predicted octanol–water partition coefficient (Wildman–Crippen LogP) is 1.45. The third-order valence-corrected chi connectivity index (χ3v) is 6.32. The first kappa shape index (κ1) is 22.7. The van der Waals surface area contributed by atoms with Crippen molar-refractivity contribution in [3.8, 4) is 12.1 Å². The van der Waals surface area contributed by atoms with Gasteiger partial charge in [-0.25, -0.2) is 0 Å². The Morgan fingerprint density at radius 1 is 1.17 bits per heavy atom. The Bertz CT molecular complexity index is 1380. The fourth-order valence-corrected chi connectivity index (χ4v) is 4.27. The van der Waals surface area contributed by atoms with Gasteiger partial charge in [-0.15, -0.1) is 0 Å². The van der Waals surface area contributed by atoms with Gasteiger partial charge in [0.1, 0.15) is 11.6 Å². The number of hydrogen-bond acceptors (Lipinski definition) is 10. The number of nitrogens with two attached hydrogens (primary N) is 1. The van der Waals surface area contributed by atoms with Crippen molar-refractivity contribution in [3.63, 3.8) is 0 Å². The number of benzene rings is 1. The quantitative estimate of drug-likeness (QED) is 0.440. The smallest absolute Gasteiger partial charge is 0.232 e. The summed E-state index contributed by atoms with van der Waals surface area (Å²) in [4.78, 5) is 24.3. The van der Waals surface area contributed by atoms with E-state index in [-0.39, 0.29) is 18.4 Å². The number of rotatable bonds is 7. The molecule has 0 bridgehead atoms. The van der Waals surface area contributed by atoms with Crippen molar-refractivity contribution in [1.82, 2.24) is 24.5 Å². The zero-order chi connectivity index (χ0) is 24.5. The van der Waals surface area contributed by atoms with E-state index >= 15 is 0 Å². The lowest BCUT2D eigenvalue weighted by atomic mass is 10.1. The van der Waals surface area contributed by atoms with E-state index in [1.165, 1.54) is 10.7 Å². The van der Waals surface area contributed by atoms with E-state index in [0.29, 0.717) is 71.3 Å². The van der Waals surface area contributed by atoms with Crippen LogP contribution in [0.4, 0.5) is 23.3 Å². The second-order valence-electron chi connectivity index (χ2n) is 8.52. The largest absolute Gasteiger partial charge is 0.369 e. The number of nitrogens with one attached hydrogen (secondary N) is 2. The Kier molecular flexibility index (Phi) is 5.99. The van der Waals surface area contributed by atoms with E-state index < -0.39 is 0 Å². The van der Waals surface area contributed by atoms with E-state index in [2.05, 4.69) is 42.7 Å². The SMILES string of the molecule is N#Cc1cc(Nc2nc(NC3CC3)n3ncc(C#N)c3n2)c(Cl)c(N2CCN(CC(N)=O)CC2)c1. The molecule has 3 heterocycles. The number of amides is 1. The highest BCUT2D eigenvalue weighted by Gasteiger charge is 2.25. The molecule has 0 radical (unpaired) electrons. The molecule has 3 aromatic rings. The van der Waals surface area contributed by atoms with Crippen LogP contribution in [-0.2, 0) is 4.79 Å². The lowest BCUT2D eigenvalue weighted by molar-refractivity contribution is -0.119. The van der Waals surface area contributed by atoms with Gasteiger partial charge in [-0.3, -0.25) is 9.69 Å². The van der Waals surface area contributed by atoms with Crippen molar-refractivity contribution in [1.29, 1.82) is 10.5 Å². The Labute approximate surface area is 205 Å². The average Bonchev–Trinajstić information content (AvgIpc) is 3.56. The van der Waals surface area contributed by atoms with Crippen LogP contribution in [0.5, 0.6) is 0 Å². The van der Waals surface area contributed by atoms with E-state index in [0.717, 1.165) is 12.8 Å². The molecule has 35 heavy (non-hydrogen) atoms. The Balaban J connectivity index is 1.46. The Morgan fingerprint density at radius 3 is 2.60 bits per heavy atom. The normalized spacial score (nSPS) is 16.0. The van der Waals surface area contributed by atoms with Gasteiger partial charge in [0.25, 0.3) is 0 Å². The number of nitriles is 2. The number of anilines is 4. The predicted molar refractivity (Wildman–Crippen MR) is 129 cm³/mol. The Morgan fingerprint density at radius 2 is 1.94 bits per heavy atom. The summed E-state index contributed by atoms with van der Waals surface area (Å²) in [5.41, 5.74) is 7.59. The van der Waals surface area contributed by atoms with Crippen molar-refractivity contribution in [2.45, 2.75) is 18.9 Å². The minimum Gasteiger partial charge on any atom is -0.369 e. The van der Waals surface area contributed by atoms with Crippen LogP contribution in [0.15, 0.2) is 18.3 Å². The van der Waals surface area contributed by atoms with Crippen LogP contribution in [0.2, 0.25) is 5.02 Å². The van der Waals surface area contributed by atoms with Gasteiger partial charge >= 0.3 is 0 Å². The molecule has 1 amide bonds. The molecule has 2 aliphatic rings. The van der Waals surface area contributed by atoms with E-state index in [1.807, 2.05) is 4.90 Å². The summed E-state index contributed by atoms with van der Waals surface area (Å²) < 4.78 is 1.51. The maximum atomic E-state index is 11.2. The topological polar surface area (TPSA) is 164 Å². The zero-order valence-electron chi connectivity index (χ0n) is 18.7. The number of nitrogens with zero attached hydrogens (tertiary/aromatic N) is 8. The van der Waals surface area contributed by atoms with Crippen molar-refractivity contribution in [3.05, 3.63) is 34.5 Å². The number of fused-ring (bicyclic) bond motifs is 1. The highest BCUT2D eigenvalue weighted by molar-refractivity contribution is 6.36. The van der Waals surface area contributed by atoms with Crippen molar-refractivity contribution >= 4 is 46.4 Å². The highest BCUT2D eigenvalue weighted by atomic mass is 35.5. The van der Waals surface area contributed by atoms with Crippen molar-refractivity contribution in [2.24, 2.45) is 5.73 Å². The molecular formula is C22H22ClN11O. The van der Waals surface area contributed by atoms with E-state index in [9.17, 15) is 15.3 Å². The van der Waals surface area contributed by atoms with E-state index in [4.69, 9.17) is 17.3 Å². The molecule has 178 valence electrons. The molecule has 0 spiro atoms. The van der Waals surface area contributed by atoms with Crippen LogP contribution in [0, 0.1) is 22.7 Å². The second kappa shape index (κ2) is 9.25. The van der Waals surface area contributed by atoms with Gasteiger partial charge in [-0.2, -0.15) is 30.1 Å². The van der Waals surface area contributed by atoms with Gasteiger partial charge < -0.3 is 21.3 Å². The van der Waals surface area contributed by atoms with Crippen LogP contribution >= 0.6 is 11.6 Å². The summed E-state index contributed by atoms with van der Waals surface area (Å²) >= 11 is 6.79. The molecule has 13 heteroatoms. The third kappa shape index (κ3) is 4.75.